The van der Waals surface area contributed by atoms with E-state index in [0.717, 1.165) is 31.2 Å². The van der Waals surface area contributed by atoms with Crippen molar-refractivity contribution in [2.75, 3.05) is 11.9 Å². The molecule has 2 heterocycles. The third-order valence-electron chi connectivity index (χ3n) is 5.55. The molecule has 0 unspecified atom stereocenters. The number of rotatable bonds is 7. The van der Waals surface area contributed by atoms with Gasteiger partial charge in [-0.05, 0) is 30.5 Å². The Morgan fingerprint density at radius 2 is 1.77 bits per heavy atom. The molecule has 1 aliphatic heterocycles. The Morgan fingerprint density at radius 1 is 1.13 bits per heavy atom. The van der Waals surface area contributed by atoms with Crippen LogP contribution in [0.5, 0.6) is 0 Å². The molecule has 2 aliphatic rings. The second-order valence-electron chi connectivity index (χ2n) is 7.49. The van der Waals surface area contributed by atoms with E-state index in [9.17, 15) is 14.4 Å². The summed E-state index contributed by atoms with van der Waals surface area (Å²) in [5, 5.41) is 12.3. The summed E-state index contributed by atoms with van der Waals surface area (Å²) < 4.78 is 0.667. The molecule has 3 amide bonds. The summed E-state index contributed by atoms with van der Waals surface area (Å²) in [6.07, 6.45) is 3.53. The quantitative estimate of drug-likeness (QED) is 0.339. The number of hydrogen-bond acceptors (Lipinski definition) is 7. The van der Waals surface area contributed by atoms with Gasteiger partial charge >= 0.3 is 0 Å². The number of fused-ring (bicyclic) bond motifs is 1. The van der Waals surface area contributed by atoms with Crippen molar-refractivity contribution in [2.24, 2.45) is 11.8 Å². The number of amides is 3. The number of benzene rings is 1. The average Bonchev–Trinajstić information content (AvgIpc) is 3.29. The van der Waals surface area contributed by atoms with E-state index in [4.69, 9.17) is 23.2 Å². The van der Waals surface area contributed by atoms with E-state index in [1.54, 1.807) is 18.2 Å². The van der Waals surface area contributed by atoms with E-state index in [1.165, 1.54) is 28.0 Å². The second-order valence-corrected chi connectivity index (χ2v) is 10.5. The predicted octanol–water partition coefficient (Wildman–Crippen LogP) is 4.64. The molecule has 11 heteroatoms. The van der Waals surface area contributed by atoms with Crippen LogP contribution < -0.4 is 5.32 Å². The molecule has 1 N–H and O–H groups in total. The summed E-state index contributed by atoms with van der Waals surface area (Å²) in [4.78, 5) is 38.6. The SMILES string of the molecule is O=C(CCN1C(=O)[C@H]2CCCC[C@@H]2C1=O)Nc1nnc(SCc2c(Cl)cccc2Cl)s1. The van der Waals surface area contributed by atoms with Crippen LogP contribution in [-0.2, 0) is 20.1 Å². The number of carbonyl (C=O) groups excluding carboxylic acids is 3. The van der Waals surface area contributed by atoms with Gasteiger partial charge in [-0.25, -0.2) is 0 Å². The Hall–Kier alpha value is -1.68. The van der Waals surface area contributed by atoms with Crippen LogP contribution in [-0.4, -0.2) is 39.4 Å². The minimum Gasteiger partial charge on any atom is -0.300 e. The van der Waals surface area contributed by atoms with E-state index >= 15 is 0 Å². The van der Waals surface area contributed by atoms with Crippen molar-refractivity contribution < 1.29 is 14.4 Å². The van der Waals surface area contributed by atoms with E-state index in [1.807, 2.05) is 0 Å². The molecule has 2 atom stereocenters. The first-order valence-corrected chi connectivity index (χ1v) is 12.5. The molecule has 0 radical (unpaired) electrons. The van der Waals surface area contributed by atoms with Crippen molar-refractivity contribution in [1.82, 2.24) is 15.1 Å². The van der Waals surface area contributed by atoms with Crippen LogP contribution >= 0.6 is 46.3 Å². The largest absolute Gasteiger partial charge is 0.300 e. The highest BCUT2D eigenvalue weighted by Gasteiger charge is 2.47. The van der Waals surface area contributed by atoms with E-state index in [0.29, 0.717) is 25.3 Å². The number of likely N-dealkylation sites (tertiary alicyclic amines) is 1. The third kappa shape index (κ3) is 5.05. The van der Waals surface area contributed by atoms with Crippen LogP contribution in [0.25, 0.3) is 0 Å². The van der Waals surface area contributed by atoms with Crippen molar-refractivity contribution in [3.8, 4) is 0 Å². The molecule has 1 aliphatic carbocycles. The number of hydrogen-bond donors (Lipinski definition) is 1. The van der Waals surface area contributed by atoms with Gasteiger partial charge in [-0.2, -0.15) is 0 Å². The summed E-state index contributed by atoms with van der Waals surface area (Å²) in [7, 11) is 0. The highest BCUT2D eigenvalue weighted by molar-refractivity contribution is 8.00. The second kappa shape index (κ2) is 9.85. The smallest absolute Gasteiger partial charge is 0.233 e. The lowest BCUT2D eigenvalue weighted by molar-refractivity contribution is -0.140. The monoisotopic (exact) mass is 498 g/mol. The summed E-state index contributed by atoms with van der Waals surface area (Å²) in [5.41, 5.74) is 0.817. The molecule has 4 rings (SSSR count). The number of halogens is 2. The normalized spacial score (nSPS) is 20.8. The maximum absolute atomic E-state index is 12.5. The molecule has 1 saturated carbocycles. The number of imide groups is 1. The van der Waals surface area contributed by atoms with Crippen LogP contribution in [0.1, 0.15) is 37.7 Å². The zero-order valence-electron chi connectivity index (χ0n) is 16.5. The van der Waals surface area contributed by atoms with Crippen LogP contribution in [0.3, 0.4) is 0 Å². The Bertz CT molecular complexity index is 972. The molecule has 31 heavy (non-hydrogen) atoms. The van der Waals surface area contributed by atoms with Crippen LogP contribution in [0.2, 0.25) is 10.0 Å². The first kappa shape index (κ1) is 22.5. The van der Waals surface area contributed by atoms with Gasteiger partial charge in [-0.15, -0.1) is 10.2 Å². The molecule has 1 aromatic carbocycles. The molecule has 1 saturated heterocycles. The van der Waals surface area contributed by atoms with Gasteiger partial charge in [0.1, 0.15) is 0 Å². The number of carbonyl (C=O) groups is 3. The van der Waals surface area contributed by atoms with Gasteiger partial charge in [0.25, 0.3) is 0 Å². The average molecular weight is 499 g/mol. The number of aromatic nitrogens is 2. The van der Waals surface area contributed by atoms with Crippen LogP contribution in [0.4, 0.5) is 5.13 Å². The minimum atomic E-state index is -0.308. The Morgan fingerprint density at radius 3 is 2.42 bits per heavy atom. The summed E-state index contributed by atoms with van der Waals surface area (Å²) in [6, 6.07) is 5.34. The van der Waals surface area contributed by atoms with Crippen LogP contribution in [0.15, 0.2) is 22.5 Å². The van der Waals surface area contributed by atoms with Gasteiger partial charge in [0, 0.05) is 28.8 Å². The number of nitrogens with zero attached hydrogens (tertiary/aromatic N) is 3. The van der Waals surface area contributed by atoms with Gasteiger partial charge in [0.05, 0.1) is 11.8 Å². The topological polar surface area (TPSA) is 92.3 Å². The number of anilines is 1. The lowest BCUT2D eigenvalue weighted by Gasteiger charge is -2.19. The van der Waals surface area contributed by atoms with Crippen molar-refractivity contribution in [1.29, 1.82) is 0 Å². The van der Waals surface area contributed by atoms with E-state index in [-0.39, 0.29) is 42.5 Å². The summed E-state index contributed by atoms with van der Waals surface area (Å²) in [6.45, 7) is 0.0991. The van der Waals surface area contributed by atoms with Crippen molar-refractivity contribution in [2.45, 2.75) is 42.2 Å². The maximum atomic E-state index is 12.5. The van der Waals surface area contributed by atoms with Gasteiger partial charge < -0.3 is 5.32 Å². The molecule has 1 aromatic heterocycles. The molecule has 164 valence electrons. The van der Waals surface area contributed by atoms with E-state index in [2.05, 4.69) is 15.5 Å². The third-order valence-corrected chi connectivity index (χ3v) is 8.26. The lowest BCUT2D eigenvalue weighted by Crippen LogP contribution is -2.34. The first-order chi connectivity index (χ1) is 14.9. The standard InChI is InChI=1S/C20H20Cl2N4O3S2/c21-14-6-3-7-15(22)13(14)10-30-20-25-24-19(31-20)23-16(27)8-9-26-17(28)11-4-1-2-5-12(11)18(26)29/h3,6-7,11-12H,1-2,4-5,8-10H2,(H,23,24,27)/t11-,12-/m0/s1. The molecule has 0 bridgehead atoms. The number of thioether (sulfide) groups is 1. The summed E-state index contributed by atoms with van der Waals surface area (Å²) in [5.74, 6) is -0.428. The highest BCUT2D eigenvalue weighted by atomic mass is 35.5. The molecular formula is C20H20Cl2N4O3S2. The van der Waals surface area contributed by atoms with Crippen molar-refractivity contribution >= 4 is 69.2 Å². The molecule has 0 spiro atoms. The van der Waals surface area contributed by atoms with Crippen molar-refractivity contribution in [3.05, 3.63) is 33.8 Å². The Kier molecular flexibility index (Phi) is 7.15. The van der Waals surface area contributed by atoms with E-state index < -0.39 is 0 Å². The van der Waals surface area contributed by atoms with Crippen LogP contribution in [0, 0.1) is 11.8 Å². The van der Waals surface area contributed by atoms with Gasteiger partial charge in [-0.3, -0.25) is 19.3 Å². The fraction of sp³-hybridized carbons (Fsp3) is 0.450. The van der Waals surface area contributed by atoms with Gasteiger partial charge in [-0.1, -0.05) is 65.2 Å². The fourth-order valence-electron chi connectivity index (χ4n) is 3.97. The Balaban J connectivity index is 1.27. The van der Waals surface area contributed by atoms with Gasteiger partial charge in [0.2, 0.25) is 22.9 Å². The molecule has 7 nitrogen and oxygen atoms in total. The highest BCUT2D eigenvalue weighted by Crippen LogP contribution is 2.38. The summed E-state index contributed by atoms with van der Waals surface area (Å²) >= 11 is 15.0. The minimum absolute atomic E-state index is 0.0359. The number of nitrogens with one attached hydrogen (secondary N) is 1. The zero-order valence-corrected chi connectivity index (χ0v) is 19.6. The van der Waals surface area contributed by atoms with Gasteiger partial charge in [0.15, 0.2) is 4.34 Å². The predicted molar refractivity (Wildman–Crippen MR) is 121 cm³/mol. The zero-order chi connectivity index (χ0) is 22.0. The Labute approximate surface area is 197 Å². The molecular weight excluding hydrogens is 479 g/mol. The van der Waals surface area contributed by atoms with Crippen molar-refractivity contribution in [3.63, 3.8) is 0 Å². The molecule has 2 fully saturated rings. The first-order valence-electron chi connectivity index (χ1n) is 9.98. The molecule has 2 aromatic rings. The fourth-order valence-corrected chi connectivity index (χ4v) is 6.48. The maximum Gasteiger partial charge on any atom is 0.233 e. The lowest BCUT2D eigenvalue weighted by atomic mass is 9.81.